The molecule has 0 heterocycles. The number of hydrogen-bond donors (Lipinski definition) is 2. The second-order valence-electron chi connectivity index (χ2n) is 12.2. The first kappa shape index (κ1) is 32.0. The third-order valence-electron chi connectivity index (χ3n) is 9.67. The Labute approximate surface area is 291 Å². The molecule has 0 aliphatic heterocycles. The third-order valence-corrected chi connectivity index (χ3v) is 9.67. The summed E-state index contributed by atoms with van der Waals surface area (Å²) in [6, 6.07) is 62.9. The summed E-state index contributed by atoms with van der Waals surface area (Å²) >= 11 is 0. The Morgan fingerprint density at radius 1 is 0.340 bits per heavy atom. The third kappa shape index (κ3) is 5.19. The van der Waals surface area contributed by atoms with Gasteiger partial charge in [-0.25, -0.2) is 9.59 Å². The topological polar surface area (TPSA) is 74.6 Å². The minimum absolute atomic E-state index is 0.265. The van der Waals surface area contributed by atoms with Gasteiger partial charge in [-0.3, -0.25) is 0 Å². The molecule has 0 fully saturated rings. The highest BCUT2D eigenvalue weighted by molar-refractivity contribution is 6.04. The number of carboxylic acids is 2. The first-order chi connectivity index (χ1) is 24.5. The van der Waals surface area contributed by atoms with Crippen molar-refractivity contribution >= 4 is 11.9 Å². The first-order valence-electron chi connectivity index (χ1n) is 16.5. The molecule has 0 aliphatic carbocycles. The van der Waals surface area contributed by atoms with E-state index < -0.39 is 22.8 Å². The molecule has 0 amide bonds. The van der Waals surface area contributed by atoms with E-state index in [1.54, 1.807) is 0 Å². The van der Waals surface area contributed by atoms with Gasteiger partial charge in [-0.1, -0.05) is 188 Å². The molecule has 0 radical (unpaired) electrons. The Morgan fingerprint density at radius 2 is 0.620 bits per heavy atom. The van der Waals surface area contributed by atoms with Crippen molar-refractivity contribution in [1.82, 2.24) is 0 Å². The molecule has 7 aromatic rings. The van der Waals surface area contributed by atoms with Crippen molar-refractivity contribution in [2.75, 3.05) is 0 Å². The molecule has 0 aromatic heterocycles. The smallest absolute Gasteiger partial charge is 0.336 e. The Balaban J connectivity index is 1.84. The molecular weight excluding hydrogens is 617 g/mol. The van der Waals surface area contributed by atoms with Crippen molar-refractivity contribution in [3.8, 4) is 0 Å². The molecule has 2 N–H and O–H groups in total. The van der Waals surface area contributed by atoms with E-state index >= 15 is 0 Å². The zero-order valence-corrected chi connectivity index (χ0v) is 27.2. The monoisotopic (exact) mass is 650 g/mol. The van der Waals surface area contributed by atoms with Gasteiger partial charge in [-0.05, 0) is 50.6 Å². The highest BCUT2D eigenvalue weighted by Crippen LogP contribution is 2.54. The van der Waals surface area contributed by atoms with Crippen LogP contribution >= 0.6 is 0 Å². The van der Waals surface area contributed by atoms with Gasteiger partial charge in [0.15, 0.2) is 0 Å². The zero-order valence-electron chi connectivity index (χ0n) is 27.2. The van der Waals surface area contributed by atoms with E-state index in [1.165, 1.54) is 6.07 Å². The molecule has 0 atom stereocenters. The fourth-order valence-corrected chi connectivity index (χ4v) is 7.73. The number of hydrogen-bond acceptors (Lipinski definition) is 2. The number of aromatic carboxylic acids is 2. The molecule has 242 valence electrons. The SMILES string of the molecule is O=C(O)c1ccc(C(c2ccccc2)(c2ccccc2)c2ccccc2)c(C(c2ccccc2)(c2ccccc2)c2ccccc2)c1C(=O)O. The van der Waals surface area contributed by atoms with Crippen LogP contribution in [0, 0.1) is 0 Å². The second kappa shape index (κ2) is 13.5. The van der Waals surface area contributed by atoms with Gasteiger partial charge < -0.3 is 10.2 Å². The fraction of sp³-hybridized carbons (Fsp3) is 0.0435. The van der Waals surface area contributed by atoms with Crippen molar-refractivity contribution in [1.29, 1.82) is 0 Å². The Hall–Kier alpha value is -6.52. The summed E-state index contributed by atoms with van der Waals surface area (Å²) in [5.41, 5.74) is 3.20. The fourth-order valence-electron chi connectivity index (χ4n) is 7.73. The average molecular weight is 651 g/mol. The number of carbonyl (C=O) groups is 2. The van der Waals surface area contributed by atoms with Gasteiger partial charge in [0, 0.05) is 0 Å². The van der Waals surface area contributed by atoms with Crippen molar-refractivity contribution in [3.05, 3.63) is 250 Å². The molecular formula is C46H34O4. The van der Waals surface area contributed by atoms with Gasteiger partial charge >= 0.3 is 11.9 Å². The van der Waals surface area contributed by atoms with Crippen LogP contribution in [-0.2, 0) is 10.8 Å². The van der Waals surface area contributed by atoms with E-state index in [0.29, 0.717) is 11.1 Å². The average Bonchev–Trinajstić information content (AvgIpc) is 3.18. The minimum Gasteiger partial charge on any atom is -0.478 e. The largest absolute Gasteiger partial charge is 0.478 e. The molecule has 0 saturated carbocycles. The van der Waals surface area contributed by atoms with Gasteiger partial charge in [0.25, 0.3) is 0 Å². The lowest BCUT2D eigenvalue weighted by Gasteiger charge is -2.45. The second-order valence-corrected chi connectivity index (χ2v) is 12.2. The highest BCUT2D eigenvalue weighted by atomic mass is 16.4. The molecule has 50 heavy (non-hydrogen) atoms. The quantitative estimate of drug-likeness (QED) is 0.145. The van der Waals surface area contributed by atoms with Crippen molar-refractivity contribution < 1.29 is 19.8 Å². The maximum Gasteiger partial charge on any atom is 0.336 e. The van der Waals surface area contributed by atoms with Crippen LogP contribution in [0.15, 0.2) is 194 Å². The maximum atomic E-state index is 13.9. The summed E-state index contributed by atoms with van der Waals surface area (Å²) in [4.78, 5) is 27.0. The Morgan fingerprint density at radius 3 is 0.880 bits per heavy atom. The molecule has 7 rings (SSSR count). The summed E-state index contributed by atoms with van der Waals surface area (Å²) in [5, 5.41) is 22.0. The van der Waals surface area contributed by atoms with Crippen molar-refractivity contribution in [2.45, 2.75) is 10.8 Å². The first-order valence-corrected chi connectivity index (χ1v) is 16.5. The van der Waals surface area contributed by atoms with Gasteiger partial charge in [0.1, 0.15) is 0 Å². The van der Waals surface area contributed by atoms with Gasteiger partial charge in [-0.15, -0.1) is 0 Å². The molecule has 0 saturated heterocycles. The van der Waals surface area contributed by atoms with E-state index in [2.05, 4.69) is 36.4 Å². The predicted octanol–water partition coefficient (Wildman–Crippen LogP) is 9.85. The highest BCUT2D eigenvalue weighted by Gasteiger charge is 2.49. The summed E-state index contributed by atoms with van der Waals surface area (Å²) in [6.45, 7) is 0. The van der Waals surface area contributed by atoms with Crippen LogP contribution in [0.25, 0.3) is 0 Å². The molecule has 0 spiro atoms. The summed E-state index contributed by atoms with van der Waals surface area (Å²) in [7, 11) is 0. The zero-order chi connectivity index (χ0) is 34.6. The Bertz CT molecular complexity index is 2040. The lowest BCUT2D eigenvalue weighted by Crippen LogP contribution is -2.40. The lowest BCUT2D eigenvalue weighted by molar-refractivity contribution is 0.0649. The predicted molar refractivity (Wildman–Crippen MR) is 197 cm³/mol. The molecule has 0 bridgehead atoms. The van der Waals surface area contributed by atoms with Crippen LogP contribution < -0.4 is 0 Å². The van der Waals surface area contributed by atoms with Crippen LogP contribution in [0.1, 0.15) is 65.2 Å². The van der Waals surface area contributed by atoms with Crippen LogP contribution in [0.5, 0.6) is 0 Å². The summed E-state index contributed by atoms with van der Waals surface area (Å²) in [6.07, 6.45) is 0. The number of carboxylic acid groups (broad SMARTS) is 2. The number of benzene rings is 7. The van der Waals surface area contributed by atoms with Gasteiger partial charge in [-0.2, -0.15) is 0 Å². The molecule has 0 aliphatic rings. The lowest BCUT2D eigenvalue weighted by atomic mass is 9.56. The standard InChI is InChI=1S/C46H34O4/c47-43(48)39-31-32-40(45(33-19-7-1-8-20-33,34-21-9-2-10-22-34)35-23-11-3-12-24-35)42(41(39)44(49)50)46(36-25-13-4-14-26-36,37-27-15-5-16-28-37)38-29-17-6-18-30-38/h1-32H,(H,47,48)(H,49,50). The molecule has 7 aromatic carbocycles. The van der Waals surface area contributed by atoms with Crippen molar-refractivity contribution in [2.24, 2.45) is 0 Å². The molecule has 4 nitrogen and oxygen atoms in total. The van der Waals surface area contributed by atoms with Gasteiger partial charge in [0.05, 0.1) is 22.0 Å². The minimum atomic E-state index is -1.32. The van der Waals surface area contributed by atoms with E-state index in [1.807, 2.05) is 152 Å². The van der Waals surface area contributed by atoms with Crippen LogP contribution in [0.3, 0.4) is 0 Å². The Kier molecular flexibility index (Phi) is 8.68. The molecule has 4 heteroatoms. The van der Waals surface area contributed by atoms with Crippen molar-refractivity contribution in [3.63, 3.8) is 0 Å². The maximum absolute atomic E-state index is 13.9. The van der Waals surface area contributed by atoms with Crippen LogP contribution in [0.4, 0.5) is 0 Å². The van der Waals surface area contributed by atoms with Gasteiger partial charge in [0.2, 0.25) is 0 Å². The molecule has 0 unspecified atom stereocenters. The summed E-state index contributed by atoms with van der Waals surface area (Å²) in [5.74, 6) is -2.64. The van der Waals surface area contributed by atoms with Crippen LogP contribution in [-0.4, -0.2) is 22.2 Å². The van der Waals surface area contributed by atoms with Crippen LogP contribution in [0.2, 0.25) is 0 Å². The normalized spacial score (nSPS) is 11.5. The van der Waals surface area contributed by atoms with E-state index in [0.717, 1.165) is 33.4 Å². The number of rotatable bonds is 10. The van der Waals surface area contributed by atoms with E-state index in [9.17, 15) is 19.8 Å². The van der Waals surface area contributed by atoms with E-state index in [4.69, 9.17) is 0 Å². The van der Waals surface area contributed by atoms with E-state index in [-0.39, 0.29) is 11.1 Å². The summed E-state index contributed by atoms with van der Waals surface area (Å²) < 4.78 is 0.